The van der Waals surface area contributed by atoms with Crippen molar-refractivity contribution >= 4 is 17.0 Å². The number of nitrogens with one attached hydrogen (secondary N) is 1. The molecule has 6 heteroatoms. The molecule has 3 rings (SSSR count). The van der Waals surface area contributed by atoms with Gasteiger partial charge in [0.1, 0.15) is 6.54 Å². The Hall–Kier alpha value is -3.33. The monoisotopic (exact) mass is 321 g/mol. The lowest BCUT2D eigenvalue weighted by atomic mass is 10.1. The average Bonchev–Trinajstić information content (AvgIpc) is 2.90. The van der Waals surface area contributed by atoms with Crippen LogP contribution >= 0.6 is 0 Å². The van der Waals surface area contributed by atoms with Gasteiger partial charge < -0.3 is 9.73 Å². The van der Waals surface area contributed by atoms with Crippen molar-refractivity contribution in [3.8, 4) is 6.07 Å². The van der Waals surface area contributed by atoms with Gasteiger partial charge in [-0.05, 0) is 36.8 Å². The van der Waals surface area contributed by atoms with E-state index >= 15 is 0 Å². The maximum atomic E-state index is 12.2. The molecule has 1 amide bonds. The smallest absolute Gasteiger partial charge is 0.408 e. The minimum Gasteiger partial charge on any atom is -0.408 e. The number of hydrogen-bond donors (Lipinski definition) is 1. The molecule has 0 aliphatic carbocycles. The Kier molecular flexibility index (Phi) is 4.17. The second-order valence-corrected chi connectivity index (χ2v) is 5.44. The highest BCUT2D eigenvalue weighted by Gasteiger charge is 2.14. The van der Waals surface area contributed by atoms with E-state index in [1.54, 1.807) is 48.5 Å². The third kappa shape index (κ3) is 3.06. The SMILES string of the molecule is CC(NC(=O)Cn1c(=O)oc2ccccc21)c1ccc(C#N)cc1. The van der Waals surface area contributed by atoms with E-state index in [1.807, 2.05) is 6.92 Å². The number of nitriles is 1. The maximum Gasteiger partial charge on any atom is 0.420 e. The average molecular weight is 321 g/mol. The Morgan fingerprint density at radius 3 is 2.67 bits per heavy atom. The van der Waals surface area contributed by atoms with Gasteiger partial charge in [0.25, 0.3) is 0 Å². The topological polar surface area (TPSA) is 88.0 Å². The fourth-order valence-electron chi connectivity index (χ4n) is 2.52. The van der Waals surface area contributed by atoms with Crippen LogP contribution in [0.5, 0.6) is 0 Å². The molecule has 0 saturated carbocycles. The molecule has 1 unspecified atom stereocenters. The molecular formula is C18H15N3O3. The van der Waals surface area contributed by atoms with Crippen LogP contribution in [-0.2, 0) is 11.3 Å². The number of hydrogen-bond acceptors (Lipinski definition) is 4. The summed E-state index contributed by atoms with van der Waals surface area (Å²) in [5.74, 6) is -0.849. The Morgan fingerprint density at radius 1 is 1.25 bits per heavy atom. The Morgan fingerprint density at radius 2 is 1.96 bits per heavy atom. The number of carbonyl (C=O) groups excluding carboxylic acids is 1. The van der Waals surface area contributed by atoms with E-state index in [4.69, 9.17) is 9.68 Å². The lowest BCUT2D eigenvalue weighted by Crippen LogP contribution is -2.32. The predicted molar refractivity (Wildman–Crippen MR) is 88.2 cm³/mol. The van der Waals surface area contributed by atoms with E-state index in [-0.39, 0.29) is 18.5 Å². The van der Waals surface area contributed by atoms with Gasteiger partial charge in [0, 0.05) is 0 Å². The van der Waals surface area contributed by atoms with Crippen molar-refractivity contribution in [2.75, 3.05) is 0 Å². The van der Waals surface area contributed by atoms with Gasteiger partial charge in [-0.2, -0.15) is 5.26 Å². The Bertz CT molecular complexity index is 977. The molecule has 0 radical (unpaired) electrons. The van der Waals surface area contributed by atoms with Crippen LogP contribution in [0.4, 0.5) is 0 Å². The molecule has 1 heterocycles. The molecule has 0 fully saturated rings. The minimum absolute atomic E-state index is 0.115. The molecule has 120 valence electrons. The highest BCUT2D eigenvalue weighted by molar-refractivity contribution is 5.79. The summed E-state index contributed by atoms with van der Waals surface area (Å²) in [6.07, 6.45) is 0. The Balaban J connectivity index is 1.73. The number of nitrogens with zero attached hydrogens (tertiary/aromatic N) is 2. The first kappa shape index (κ1) is 15.6. The number of oxazole rings is 1. The van der Waals surface area contributed by atoms with Crippen LogP contribution in [0.2, 0.25) is 0 Å². The zero-order valence-corrected chi connectivity index (χ0v) is 13.0. The minimum atomic E-state index is -0.558. The Labute approximate surface area is 137 Å². The first-order valence-corrected chi connectivity index (χ1v) is 7.46. The highest BCUT2D eigenvalue weighted by atomic mass is 16.4. The molecule has 24 heavy (non-hydrogen) atoms. The standard InChI is InChI=1S/C18H15N3O3/c1-12(14-8-6-13(10-19)7-9-14)20-17(22)11-21-15-4-2-3-5-16(15)24-18(21)23/h2-9,12H,11H2,1H3,(H,20,22). The van der Waals surface area contributed by atoms with Crippen molar-refractivity contribution in [3.63, 3.8) is 0 Å². The summed E-state index contributed by atoms with van der Waals surface area (Å²) in [4.78, 5) is 24.1. The van der Waals surface area contributed by atoms with Gasteiger partial charge in [-0.1, -0.05) is 24.3 Å². The van der Waals surface area contributed by atoms with Crippen LogP contribution in [0.15, 0.2) is 57.7 Å². The number of fused-ring (bicyclic) bond motifs is 1. The van der Waals surface area contributed by atoms with Crippen LogP contribution in [-0.4, -0.2) is 10.5 Å². The third-order valence-electron chi connectivity index (χ3n) is 3.79. The quantitative estimate of drug-likeness (QED) is 0.799. The predicted octanol–water partition coefficient (Wildman–Crippen LogP) is 2.34. The second-order valence-electron chi connectivity index (χ2n) is 5.44. The van der Waals surface area contributed by atoms with Crippen LogP contribution < -0.4 is 11.1 Å². The molecule has 6 nitrogen and oxygen atoms in total. The van der Waals surface area contributed by atoms with Gasteiger partial charge in [-0.25, -0.2) is 4.79 Å². The van der Waals surface area contributed by atoms with Gasteiger partial charge in [0.05, 0.1) is 23.2 Å². The van der Waals surface area contributed by atoms with Crippen molar-refractivity contribution in [1.29, 1.82) is 5.26 Å². The lowest BCUT2D eigenvalue weighted by molar-refractivity contribution is -0.122. The molecule has 1 aromatic heterocycles. The van der Waals surface area contributed by atoms with E-state index in [1.165, 1.54) is 4.57 Å². The summed E-state index contributed by atoms with van der Waals surface area (Å²) in [5.41, 5.74) is 2.49. The normalized spacial score (nSPS) is 11.8. The van der Waals surface area contributed by atoms with Crippen molar-refractivity contribution in [2.24, 2.45) is 0 Å². The maximum absolute atomic E-state index is 12.2. The van der Waals surface area contributed by atoms with Crippen LogP contribution in [0, 0.1) is 11.3 Å². The number of para-hydroxylation sites is 2. The molecule has 3 aromatic rings. The van der Waals surface area contributed by atoms with E-state index in [2.05, 4.69) is 11.4 Å². The van der Waals surface area contributed by atoms with Crippen molar-refractivity contribution in [1.82, 2.24) is 9.88 Å². The molecule has 2 aromatic carbocycles. The van der Waals surface area contributed by atoms with Gasteiger partial charge in [0.2, 0.25) is 5.91 Å². The molecular weight excluding hydrogens is 306 g/mol. The van der Waals surface area contributed by atoms with E-state index in [9.17, 15) is 9.59 Å². The molecule has 0 aliphatic heterocycles. The first-order valence-electron chi connectivity index (χ1n) is 7.46. The number of carbonyl (C=O) groups is 1. The number of aromatic nitrogens is 1. The van der Waals surface area contributed by atoms with E-state index in [0.717, 1.165) is 5.56 Å². The van der Waals surface area contributed by atoms with Gasteiger partial charge in [-0.15, -0.1) is 0 Å². The van der Waals surface area contributed by atoms with Crippen molar-refractivity contribution < 1.29 is 9.21 Å². The van der Waals surface area contributed by atoms with Crippen molar-refractivity contribution in [2.45, 2.75) is 19.5 Å². The van der Waals surface area contributed by atoms with Crippen LogP contribution in [0.1, 0.15) is 24.1 Å². The van der Waals surface area contributed by atoms with Gasteiger partial charge in [-0.3, -0.25) is 9.36 Å². The summed E-state index contributed by atoms with van der Waals surface area (Å²) in [6, 6.07) is 15.8. The first-order chi connectivity index (χ1) is 11.6. The zero-order valence-electron chi connectivity index (χ0n) is 13.0. The van der Waals surface area contributed by atoms with E-state index < -0.39 is 5.76 Å². The largest absolute Gasteiger partial charge is 0.420 e. The summed E-state index contributed by atoms with van der Waals surface area (Å²) >= 11 is 0. The second kappa shape index (κ2) is 6.42. The van der Waals surface area contributed by atoms with E-state index in [0.29, 0.717) is 16.7 Å². The fourth-order valence-corrected chi connectivity index (χ4v) is 2.52. The molecule has 1 atom stereocenters. The summed E-state index contributed by atoms with van der Waals surface area (Å²) in [7, 11) is 0. The molecule has 0 spiro atoms. The number of benzene rings is 2. The number of amides is 1. The van der Waals surface area contributed by atoms with Crippen LogP contribution in [0.3, 0.4) is 0 Å². The van der Waals surface area contributed by atoms with Crippen LogP contribution in [0.25, 0.3) is 11.1 Å². The van der Waals surface area contributed by atoms with Gasteiger partial charge in [0.15, 0.2) is 5.58 Å². The third-order valence-corrected chi connectivity index (χ3v) is 3.79. The summed E-state index contributed by atoms with van der Waals surface area (Å²) in [6.45, 7) is 1.73. The lowest BCUT2D eigenvalue weighted by Gasteiger charge is -2.14. The zero-order chi connectivity index (χ0) is 17.1. The molecule has 1 N–H and O–H groups in total. The van der Waals surface area contributed by atoms with Crippen molar-refractivity contribution in [3.05, 3.63) is 70.2 Å². The molecule has 0 bridgehead atoms. The highest BCUT2D eigenvalue weighted by Crippen LogP contribution is 2.14. The molecule has 0 aliphatic rings. The fraction of sp³-hybridized carbons (Fsp3) is 0.167. The van der Waals surface area contributed by atoms with Gasteiger partial charge >= 0.3 is 5.76 Å². The molecule has 0 saturated heterocycles. The number of rotatable bonds is 4. The summed E-state index contributed by atoms with van der Waals surface area (Å²) < 4.78 is 6.41. The summed E-state index contributed by atoms with van der Waals surface area (Å²) in [5, 5.41) is 11.6.